The Kier molecular flexibility index (Phi) is 5.88. The molecule has 7 nitrogen and oxygen atoms in total. The third kappa shape index (κ3) is 4.64. The molecule has 29 heavy (non-hydrogen) atoms. The summed E-state index contributed by atoms with van der Waals surface area (Å²) in [6.07, 6.45) is 3.20. The van der Waals surface area contributed by atoms with Gasteiger partial charge >= 0.3 is 0 Å². The first-order chi connectivity index (χ1) is 14.2. The molecule has 0 spiro atoms. The molecule has 0 saturated carbocycles. The number of nitrogens with one attached hydrogen (secondary N) is 2. The number of aliphatic imine (C=N–C) groups is 2. The normalized spacial score (nSPS) is 24.8. The summed E-state index contributed by atoms with van der Waals surface area (Å²) in [4.78, 5) is 9.11. The lowest BCUT2D eigenvalue weighted by molar-refractivity contribution is 0.460. The first kappa shape index (κ1) is 19.2. The van der Waals surface area contributed by atoms with E-state index in [-0.39, 0.29) is 6.04 Å². The van der Waals surface area contributed by atoms with Crippen LogP contribution in [0, 0.1) is 0 Å². The maximum Gasteiger partial charge on any atom is 0.135 e. The minimum Gasteiger partial charge on any atom is -0.457 e. The Labute approximate surface area is 170 Å². The Balaban J connectivity index is 1.59. The van der Waals surface area contributed by atoms with Gasteiger partial charge in [-0.2, -0.15) is 0 Å². The molecular formula is C22H26N6O. The number of ether oxygens (including phenoxy) is 1. The fourth-order valence-corrected chi connectivity index (χ4v) is 3.47. The van der Waals surface area contributed by atoms with Crippen molar-refractivity contribution in [1.29, 1.82) is 0 Å². The lowest BCUT2D eigenvalue weighted by Gasteiger charge is -2.25. The Hall–Kier alpha value is -3.16. The second-order valence-electron chi connectivity index (χ2n) is 7.11. The number of benzene rings is 2. The van der Waals surface area contributed by atoms with Crippen LogP contribution in [0.15, 0.2) is 70.2 Å². The van der Waals surface area contributed by atoms with Gasteiger partial charge < -0.3 is 26.8 Å². The van der Waals surface area contributed by atoms with Crippen LogP contribution >= 0.6 is 0 Å². The highest BCUT2D eigenvalue weighted by atomic mass is 16.5. The Morgan fingerprint density at radius 3 is 2.55 bits per heavy atom. The van der Waals surface area contributed by atoms with Gasteiger partial charge in [0, 0.05) is 12.2 Å². The van der Waals surface area contributed by atoms with Gasteiger partial charge in [-0.25, -0.2) is 0 Å². The summed E-state index contributed by atoms with van der Waals surface area (Å²) >= 11 is 0. The molecule has 2 heterocycles. The molecule has 0 aromatic heterocycles. The maximum atomic E-state index is 6.51. The van der Waals surface area contributed by atoms with E-state index in [0.29, 0.717) is 11.5 Å². The smallest absolute Gasteiger partial charge is 0.135 e. The highest BCUT2D eigenvalue weighted by Gasteiger charge is 2.24. The van der Waals surface area contributed by atoms with Gasteiger partial charge in [-0.3, -0.25) is 9.98 Å². The standard InChI is InChI=1S/C22H26N6O/c23-20(15-8-10-18(11-9-15)29-17-6-2-1-3-7-17)19-21(24)26-14-27-22(19)28-16-5-4-12-25-13-16/h1-3,6-11,14,16,21,25H,4-5,12-13,23-24H2,(H,26,27,28)/t16-,21?/m1/s1. The number of piperidine rings is 1. The second-order valence-corrected chi connectivity index (χ2v) is 7.11. The van der Waals surface area contributed by atoms with E-state index in [4.69, 9.17) is 21.2 Å². The summed E-state index contributed by atoms with van der Waals surface area (Å²) in [5.74, 6) is 2.22. The third-order valence-corrected chi connectivity index (χ3v) is 5.00. The average molecular weight is 390 g/mol. The van der Waals surface area contributed by atoms with Crippen molar-refractivity contribution >= 4 is 17.9 Å². The molecule has 1 fully saturated rings. The number of rotatable bonds is 4. The molecule has 2 aliphatic rings. The van der Waals surface area contributed by atoms with Crippen LogP contribution < -0.4 is 26.8 Å². The Bertz CT molecular complexity index is 914. The van der Waals surface area contributed by atoms with Crippen molar-refractivity contribution in [3.63, 3.8) is 0 Å². The van der Waals surface area contributed by atoms with E-state index in [1.165, 1.54) is 0 Å². The van der Waals surface area contributed by atoms with E-state index in [1.807, 2.05) is 54.6 Å². The molecule has 4 rings (SSSR count). The Morgan fingerprint density at radius 2 is 1.83 bits per heavy atom. The largest absolute Gasteiger partial charge is 0.457 e. The van der Waals surface area contributed by atoms with Gasteiger partial charge in [0.2, 0.25) is 0 Å². The molecule has 7 heteroatoms. The lowest BCUT2D eigenvalue weighted by Crippen LogP contribution is -2.42. The average Bonchev–Trinajstić information content (AvgIpc) is 2.75. The van der Waals surface area contributed by atoms with Gasteiger partial charge in [-0.05, 0) is 61.3 Å². The van der Waals surface area contributed by atoms with Crippen molar-refractivity contribution in [2.24, 2.45) is 21.5 Å². The van der Waals surface area contributed by atoms with Crippen molar-refractivity contribution in [3.05, 3.63) is 65.7 Å². The summed E-state index contributed by atoms with van der Waals surface area (Å²) in [6.45, 7) is 1.90. The number of hydrogen-bond donors (Lipinski definition) is 4. The molecule has 1 saturated heterocycles. The lowest BCUT2D eigenvalue weighted by atomic mass is 10.0. The zero-order valence-corrected chi connectivity index (χ0v) is 16.2. The van der Waals surface area contributed by atoms with E-state index in [9.17, 15) is 0 Å². The van der Waals surface area contributed by atoms with Crippen molar-refractivity contribution < 1.29 is 4.74 Å². The van der Waals surface area contributed by atoms with Crippen LogP contribution in [0.1, 0.15) is 18.4 Å². The van der Waals surface area contributed by atoms with Crippen LogP contribution in [-0.4, -0.2) is 37.5 Å². The maximum absolute atomic E-state index is 6.51. The molecule has 0 bridgehead atoms. The number of hydrogen-bond acceptors (Lipinski definition) is 6. The molecule has 2 atom stereocenters. The molecule has 0 radical (unpaired) electrons. The first-order valence-electron chi connectivity index (χ1n) is 9.86. The summed E-state index contributed by atoms with van der Waals surface area (Å²) in [5, 5.41) is 6.51. The Morgan fingerprint density at radius 1 is 1.07 bits per heavy atom. The number of nitrogens with two attached hydrogens (primary N) is 2. The number of amidine groups is 1. The molecule has 150 valence electrons. The zero-order chi connectivity index (χ0) is 20.1. The molecule has 0 aliphatic carbocycles. The molecule has 6 N–H and O–H groups in total. The summed E-state index contributed by atoms with van der Waals surface area (Å²) in [6, 6.07) is 17.5. The van der Waals surface area contributed by atoms with Gasteiger partial charge in [0.15, 0.2) is 0 Å². The van der Waals surface area contributed by atoms with Gasteiger partial charge in [-0.1, -0.05) is 18.2 Å². The SMILES string of the molecule is NC(=C1C(=N[C@@H]2CCCNC2)NC=NC1N)c1ccc(Oc2ccccc2)cc1. The minimum absolute atomic E-state index is 0.203. The van der Waals surface area contributed by atoms with E-state index < -0.39 is 6.17 Å². The highest BCUT2D eigenvalue weighted by Crippen LogP contribution is 2.25. The molecule has 0 amide bonds. The van der Waals surface area contributed by atoms with Gasteiger partial charge in [0.25, 0.3) is 0 Å². The van der Waals surface area contributed by atoms with Crippen LogP contribution in [0.4, 0.5) is 0 Å². The second kappa shape index (κ2) is 8.89. The fourth-order valence-electron chi connectivity index (χ4n) is 3.47. The predicted molar refractivity (Wildman–Crippen MR) is 117 cm³/mol. The van der Waals surface area contributed by atoms with Crippen LogP contribution in [-0.2, 0) is 0 Å². The zero-order valence-electron chi connectivity index (χ0n) is 16.2. The van der Waals surface area contributed by atoms with Crippen molar-refractivity contribution in [1.82, 2.24) is 10.6 Å². The summed E-state index contributed by atoms with van der Waals surface area (Å²) in [7, 11) is 0. The summed E-state index contributed by atoms with van der Waals surface area (Å²) in [5.41, 5.74) is 14.9. The van der Waals surface area contributed by atoms with Crippen molar-refractivity contribution in [2.45, 2.75) is 25.0 Å². The number of nitrogens with zero attached hydrogens (tertiary/aromatic N) is 2. The van der Waals surface area contributed by atoms with Crippen molar-refractivity contribution in [3.8, 4) is 11.5 Å². The van der Waals surface area contributed by atoms with E-state index in [2.05, 4.69) is 15.6 Å². The first-order valence-corrected chi connectivity index (χ1v) is 9.86. The topological polar surface area (TPSA) is 110 Å². The molecule has 2 aromatic rings. The van der Waals surface area contributed by atoms with Crippen LogP contribution in [0.5, 0.6) is 11.5 Å². The van der Waals surface area contributed by atoms with Crippen LogP contribution in [0.25, 0.3) is 5.70 Å². The third-order valence-electron chi connectivity index (χ3n) is 5.00. The van der Waals surface area contributed by atoms with E-state index in [1.54, 1.807) is 6.34 Å². The fraction of sp³-hybridized carbons (Fsp3) is 0.273. The van der Waals surface area contributed by atoms with Gasteiger partial charge in [0.05, 0.1) is 18.0 Å². The van der Waals surface area contributed by atoms with Crippen molar-refractivity contribution in [2.75, 3.05) is 13.1 Å². The monoisotopic (exact) mass is 390 g/mol. The van der Waals surface area contributed by atoms with Crippen LogP contribution in [0.3, 0.4) is 0 Å². The predicted octanol–water partition coefficient (Wildman–Crippen LogP) is 2.22. The molecule has 2 aliphatic heterocycles. The molecule has 1 unspecified atom stereocenters. The summed E-state index contributed by atoms with van der Waals surface area (Å²) < 4.78 is 5.85. The van der Waals surface area contributed by atoms with E-state index >= 15 is 0 Å². The van der Waals surface area contributed by atoms with Crippen LogP contribution in [0.2, 0.25) is 0 Å². The minimum atomic E-state index is -0.549. The number of para-hydroxylation sites is 1. The van der Waals surface area contributed by atoms with Gasteiger partial charge in [-0.15, -0.1) is 0 Å². The van der Waals surface area contributed by atoms with E-state index in [0.717, 1.165) is 48.6 Å². The quantitative estimate of drug-likeness (QED) is 0.640. The molecular weight excluding hydrogens is 364 g/mol. The molecule has 2 aromatic carbocycles. The highest BCUT2D eigenvalue weighted by molar-refractivity contribution is 6.11. The van der Waals surface area contributed by atoms with Gasteiger partial charge in [0.1, 0.15) is 23.5 Å².